The Hall–Kier alpha value is -3.13. The monoisotopic (exact) mass is 465 g/mol. The van der Waals surface area contributed by atoms with E-state index in [1.165, 1.54) is 4.68 Å². The molecule has 0 radical (unpaired) electrons. The quantitative estimate of drug-likeness (QED) is 0.365. The summed E-state index contributed by atoms with van der Waals surface area (Å²) in [5, 5.41) is 5.18. The lowest BCUT2D eigenvalue weighted by Gasteiger charge is -2.28. The van der Waals surface area contributed by atoms with Gasteiger partial charge in [0.05, 0.1) is 11.1 Å². The Bertz CT molecular complexity index is 1220. The lowest BCUT2D eigenvalue weighted by Crippen LogP contribution is -2.38. The number of unbranched alkanes of at least 4 members (excludes halogenated alkanes) is 3. The van der Waals surface area contributed by atoms with Gasteiger partial charge in [-0.1, -0.05) is 56.5 Å². The number of carbonyl (C=O) groups is 2. The van der Waals surface area contributed by atoms with E-state index in [0.717, 1.165) is 42.0 Å². The van der Waals surface area contributed by atoms with E-state index in [1.807, 2.05) is 24.3 Å². The Kier molecular flexibility index (Phi) is 7.44. The lowest BCUT2D eigenvalue weighted by molar-refractivity contribution is -0.121. The number of esters is 1. The number of benzene rings is 2. The number of fused-ring (bicyclic) bond motifs is 2. The van der Waals surface area contributed by atoms with Gasteiger partial charge in [-0.2, -0.15) is 5.10 Å². The van der Waals surface area contributed by atoms with Crippen LogP contribution in [0.5, 0.6) is 0 Å². The van der Waals surface area contributed by atoms with Crippen LogP contribution in [0.25, 0.3) is 10.8 Å². The van der Waals surface area contributed by atoms with E-state index in [1.54, 1.807) is 40.9 Å². The average molecular weight is 466 g/mol. The zero-order chi connectivity index (χ0) is 23.2. The summed E-state index contributed by atoms with van der Waals surface area (Å²) in [5.41, 5.74) is 0.666. The second kappa shape index (κ2) is 10.7. The van der Waals surface area contributed by atoms with Gasteiger partial charge in [0, 0.05) is 29.1 Å². The van der Waals surface area contributed by atoms with E-state index < -0.39 is 5.97 Å². The Morgan fingerprint density at radius 3 is 2.61 bits per heavy atom. The van der Waals surface area contributed by atoms with E-state index in [9.17, 15) is 14.4 Å². The van der Waals surface area contributed by atoms with Crippen molar-refractivity contribution in [2.24, 2.45) is 0 Å². The first-order valence-corrected chi connectivity index (χ1v) is 12.3. The zero-order valence-electron chi connectivity index (χ0n) is 18.7. The smallest absolute Gasteiger partial charge is 0.359 e. The zero-order valence-corrected chi connectivity index (χ0v) is 19.5. The maximum atomic E-state index is 13.0. The minimum absolute atomic E-state index is 0.0584. The number of carbonyl (C=O) groups excluding carboxylic acids is 2. The molecule has 0 saturated carbocycles. The largest absolute Gasteiger partial charge is 0.451 e. The number of nitrogens with zero attached hydrogens (tertiary/aromatic N) is 3. The third-order valence-electron chi connectivity index (χ3n) is 5.64. The number of rotatable bonds is 8. The maximum Gasteiger partial charge on any atom is 0.359 e. The van der Waals surface area contributed by atoms with Crippen molar-refractivity contribution < 1.29 is 14.3 Å². The van der Waals surface area contributed by atoms with Gasteiger partial charge in [0.25, 0.3) is 11.5 Å². The Labute approximate surface area is 196 Å². The molecular formula is C25H27N3O4S. The molecule has 0 N–H and O–H groups in total. The molecule has 0 bridgehead atoms. The molecule has 3 aromatic rings. The van der Waals surface area contributed by atoms with Crippen molar-refractivity contribution in [2.75, 3.05) is 23.8 Å². The summed E-state index contributed by atoms with van der Waals surface area (Å²) in [4.78, 5) is 41.3. The van der Waals surface area contributed by atoms with E-state index in [-0.39, 0.29) is 23.8 Å². The molecule has 2 aromatic carbocycles. The van der Waals surface area contributed by atoms with E-state index in [0.29, 0.717) is 23.9 Å². The fourth-order valence-corrected chi connectivity index (χ4v) is 4.92. The minimum atomic E-state index is -0.707. The first-order chi connectivity index (χ1) is 16.1. The summed E-state index contributed by atoms with van der Waals surface area (Å²) in [6, 6.07) is 14.6. The van der Waals surface area contributed by atoms with Crippen LogP contribution < -0.4 is 10.5 Å². The molecule has 0 atom stereocenters. The highest BCUT2D eigenvalue weighted by atomic mass is 32.2. The molecule has 172 valence electrons. The van der Waals surface area contributed by atoms with Gasteiger partial charge < -0.3 is 9.64 Å². The minimum Gasteiger partial charge on any atom is -0.451 e. The number of ether oxygens (including phenoxy) is 1. The summed E-state index contributed by atoms with van der Waals surface area (Å²) in [6.07, 6.45) is 3.96. The number of aryl methyl sites for hydroxylation is 1. The van der Waals surface area contributed by atoms with Gasteiger partial charge in [-0.3, -0.25) is 9.59 Å². The first-order valence-electron chi connectivity index (χ1n) is 11.3. The molecule has 8 heteroatoms. The molecule has 4 rings (SSSR count). The molecule has 0 spiro atoms. The molecule has 0 saturated heterocycles. The number of hydrogen-bond acceptors (Lipinski definition) is 6. The van der Waals surface area contributed by atoms with Crippen LogP contribution >= 0.6 is 11.8 Å². The molecule has 1 aliphatic rings. The van der Waals surface area contributed by atoms with Gasteiger partial charge in [0.15, 0.2) is 12.3 Å². The van der Waals surface area contributed by atoms with Crippen LogP contribution in [-0.4, -0.2) is 40.6 Å². The number of aromatic nitrogens is 2. The second-order valence-corrected chi connectivity index (χ2v) is 9.06. The molecule has 0 unspecified atom stereocenters. The average Bonchev–Trinajstić information content (AvgIpc) is 2.86. The van der Waals surface area contributed by atoms with Crippen LogP contribution in [0.2, 0.25) is 0 Å². The van der Waals surface area contributed by atoms with E-state index in [4.69, 9.17) is 4.74 Å². The molecule has 1 aromatic heterocycles. The fourth-order valence-electron chi connectivity index (χ4n) is 3.93. The first kappa shape index (κ1) is 23.0. The number of para-hydroxylation sites is 1. The highest BCUT2D eigenvalue weighted by Crippen LogP contribution is 2.34. The van der Waals surface area contributed by atoms with E-state index >= 15 is 0 Å². The SMILES string of the molecule is CCCCCCn1nc(C(=O)OCC(=O)N2CCSc3ccccc32)c2ccccc2c1=O. The Morgan fingerprint density at radius 1 is 1.03 bits per heavy atom. The van der Waals surface area contributed by atoms with Crippen molar-refractivity contribution in [3.05, 3.63) is 64.6 Å². The van der Waals surface area contributed by atoms with Crippen molar-refractivity contribution in [1.29, 1.82) is 0 Å². The summed E-state index contributed by atoms with van der Waals surface area (Å²) in [6.45, 7) is 2.73. The van der Waals surface area contributed by atoms with Crippen molar-refractivity contribution in [3.8, 4) is 0 Å². The molecule has 0 aliphatic carbocycles. The van der Waals surface area contributed by atoms with E-state index in [2.05, 4.69) is 12.0 Å². The second-order valence-electron chi connectivity index (χ2n) is 7.92. The van der Waals surface area contributed by atoms with Gasteiger partial charge in [-0.25, -0.2) is 9.48 Å². The summed E-state index contributed by atoms with van der Waals surface area (Å²) in [7, 11) is 0. The normalized spacial score (nSPS) is 13.1. The molecule has 1 aliphatic heterocycles. The van der Waals surface area contributed by atoms with Gasteiger partial charge >= 0.3 is 5.97 Å². The third-order valence-corrected chi connectivity index (χ3v) is 6.68. The van der Waals surface area contributed by atoms with Crippen molar-refractivity contribution in [1.82, 2.24) is 9.78 Å². The molecule has 7 nitrogen and oxygen atoms in total. The van der Waals surface area contributed by atoms with Crippen LogP contribution in [0.3, 0.4) is 0 Å². The summed E-state index contributed by atoms with van der Waals surface area (Å²) < 4.78 is 6.73. The molecule has 1 amide bonds. The molecular weight excluding hydrogens is 438 g/mol. The number of hydrogen-bond donors (Lipinski definition) is 0. The highest BCUT2D eigenvalue weighted by Gasteiger charge is 2.25. The standard InChI is InChI=1S/C25H27N3O4S/c1-2-3-4-9-14-28-24(30)19-11-6-5-10-18(19)23(26-28)25(31)32-17-22(29)27-15-16-33-21-13-8-7-12-20(21)27/h5-8,10-13H,2-4,9,14-17H2,1H3. The lowest BCUT2D eigenvalue weighted by atomic mass is 10.1. The Balaban J connectivity index is 1.52. The van der Waals surface area contributed by atoms with Crippen molar-refractivity contribution >= 4 is 40.1 Å². The predicted molar refractivity (Wildman–Crippen MR) is 130 cm³/mol. The fraction of sp³-hybridized carbons (Fsp3) is 0.360. The van der Waals surface area contributed by atoms with Crippen molar-refractivity contribution in [3.63, 3.8) is 0 Å². The van der Waals surface area contributed by atoms with Crippen LogP contribution in [0, 0.1) is 0 Å². The van der Waals surface area contributed by atoms with Gasteiger partial charge in [0.2, 0.25) is 0 Å². The Morgan fingerprint density at radius 2 is 1.79 bits per heavy atom. The van der Waals surface area contributed by atoms with Crippen LogP contribution in [-0.2, 0) is 16.1 Å². The summed E-state index contributed by atoms with van der Waals surface area (Å²) in [5.74, 6) is -0.207. The molecule has 33 heavy (non-hydrogen) atoms. The number of anilines is 1. The number of amides is 1. The maximum absolute atomic E-state index is 13.0. The topological polar surface area (TPSA) is 81.5 Å². The van der Waals surface area contributed by atoms with Crippen LogP contribution in [0.15, 0.2) is 58.2 Å². The van der Waals surface area contributed by atoms with Gasteiger partial charge in [-0.15, -0.1) is 11.8 Å². The third kappa shape index (κ3) is 5.11. The van der Waals surface area contributed by atoms with Crippen molar-refractivity contribution in [2.45, 2.75) is 44.0 Å². The van der Waals surface area contributed by atoms with Gasteiger partial charge in [0.1, 0.15) is 0 Å². The van der Waals surface area contributed by atoms with Gasteiger partial charge in [-0.05, 0) is 24.6 Å². The molecule has 0 fully saturated rings. The highest BCUT2D eigenvalue weighted by molar-refractivity contribution is 7.99. The number of thioether (sulfide) groups is 1. The molecule has 2 heterocycles. The summed E-state index contributed by atoms with van der Waals surface area (Å²) >= 11 is 1.70. The predicted octanol–water partition coefficient (Wildman–Crippen LogP) is 4.27. The van der Waals surface area contributed by atoms with Crippen LogP contribution in [0.4, 0.5) is 5.69 Å². The van der Waals surface area contributed by atoms with Crippen LogP contribution in [0.1, 0.15) is 43.1 Å².